The van der Waals surface area contributed by atoms with Crippen molar-refractivity contribution >= 4 is 33.9 Å². The molecule has 4 heterocycles. The van der Waals surface area contributed by atoms with Crippen LogP contribution in [0.4, 0.5) is 4.79 Å². The monoisotopic (exact) mass is 438 g/mol. The van der Waals surface area contributed by atoms with Gasteiger partial charge in [-0.3, -0.25) is 14.5 Å². The van der Waals surface area contributed by atoms with Gasteiger partial charge in [-0.2, -0.15) is 8.42 Å². The van der Waals surface area contributed by atoms with Crippen LogP contribution in [0.1, 0.15) is 14.3 Å². The number of amides is 4. The third-order valence-electron chi connectivity index (χ3n) is 5.38. The summed E-state index contributed by atoms with van der Waals surface area (Å²) in [5, 5.41) is 14.7. The Balaban J connectivity index is 0.00000160. The fourth-order valence-electron chi connectivity index (χ4n) is 4.32. The van der Waals surface area contributed by atoms with E-state index in [1.165, 1.54) is 4.90 Å². The van der Waals surface area contributed by atoms with E-state index >= 15 is 0 Å². The number of aliphatic carboxylic acids is 1. The smallest absolute Gasteiger partial charge is 1.00 e. The second-order valence-electron chi connectivity index (χ2n) is 7.21. The molecule has 0 saturated carbocycles. The summed E-state index contributed by atoms with van der Waals surface area (Å²) in [4.78, 5) is 50.8. The van der Waals surface area contributed by atoms with Crippen molar-refractivity contribution in [2.75, 3.05) is 19.3 Å². The number of carbonyl (C=O) groups excluding carboxylic acids is 3. The zero-order valence-electron chi connectivity index (χ0n) is 16.7. The van der Waals surface area contributed by atoms with E-state index in [0.29, 0.717) is 13.0 Å². The maximum absolute atomic E-state index is 12.6. The Kier molecular flexibility index (Phi) is 5.62. The summed E-state index contributed by atoms with van der Waals surface area (Å²) in [6, 6.07) is -2.67. The van der Waals surface area contributed by atoms with Gasteiger partial charge in [0, 0.05) is 25.4 Å². The van der Waals surface area contributed by atoms with Gasteiger partial charge < -0.3 is 26.2 Å². The summed E-state index contributed by atoms with van der Waals surface area (Å²) in [5.41, 5.74) is -0.509. The van der Waals surface area contributed by atoms with Crippen LogP contribution >= 0.6 is 0 Å². The van der Waals surface area contributed by atoms with Crippen molar-refractivity contribution in [1.29, 1.82) is 0 Å². The molecule has 0 aromatic carbocycles. The van der Waals surface area contributed by atoms with Gasteiger partial charge >= 0.3 is 51.7 Å². The normalized spacial score (nSPS) is 30.2. The number of carboxylic acid groups (broad SMARTS) is 1. The van der Waals surface area contributed by atoms with Crippen molar-refractivity contribution in [3.8, 4) is 0 Å². The molecule has 4 aliphatic heterocycles. The maximum Gasteiger partial charge on any atom is 1.00 e. The Labute approximate surface area is 189 Å². The van der Waals surface area contributed by atoms with E-state index < -0.39 is 51.8 Å². The van der Waals surface area contributed by atoms with Crippen LogP contribution in [0.3, 0.4) is 0 Å². The molecule has 3 saturated heterocycles. The number of likely N-dealkylation sites (tertiary alicyclic amines) is 1. The Morgan fingerprint density at radius 3 is 2.59 bits per heavy atom. The zero-order chi connectivity index (χ0) is 20.4. The van der Waals surface area contributed by atoms with E-state index in [9.17, 15) is 32.7 Å². The van der Waals surface area contributed by atoms with Gasteiger partial charge in [-0.25, -0.2) is 9.59 Å². The number of allylic oxidation sites excluding steroid dienone is 1. The maximum atomic E-state index is 12.6. The van der Waals surface area contributed by atoms with Crippen molar-refractivity contribution in [2.45, 2.75) is 31.0 Å². The molecule has 3 fully saturated rings. The number of nitrogens with zero attached hydrogens (tertiary/aromatic N) is 2. The number of hydrogen-bond donors (Lipinski definition) is 3. The van der Waals surface area contributed by atoms with Crippen LogP contribution in [-0.4, -0.2) is 84.6 Å². The second kappa shape index (κ2) is 7.45. The minimum absolute atomic E-state index is 0. The number of carboxylic acids is 1. The average molecular weight is 438 g/mol. The third kappa shape index (κ3) is 3.60. The van der Waals surface area contributed by atoms with Crippen molar-refractivity contribution in [2.24, 2.45) is 5.92 Å². The molecule has 4 rings (SSSR count). The third-order valence-corrected chi connectivity index (χ3v) is 5.88. The topological polar surface area (TPSA) is 162 Å². The Morgan fingerprint density at radius 2 is 2.03 bits per heavy atom. The first kappa shape index (κ1) is 21.9. The van der Waals surface area contributed by atoms with Crippen LogP contribution < -0.4 is 40.2 Å². The summed E-state index contributed by atoms with van der Waals surface area (Å²) in [5.74, 6) is -3.09. The van der Waals surface area contributed by atoms with Gasteiger partial charge in [0.15, 0.2) is 11.5 Å². The van der Waals surface area contributed by atoms with Gasteiger partial charge in [-0.15, -0.1) is 0 Å². The minimum atomic E-state index is -3.99. The molecule has 0 radical (unpaired) electrons. The first-order valence-electron chi connectivity index (χ1n) is 8.62. The molecule has 4 amide bonds. The van der Waals surface area contributed by atoms with Crippen molar-refractivity contribution in [1.82, 2.24) is 20.4 Å². The quantitative estimate of drug-likeness (QED) is 0.223. The van der Waals surface area contributed by atoms with Gasteiger partial charge in [0.1, 0.15) is 12.1 Å². The summed E-state index contributed by atoms with van der Waals surface area (Å²) < 4.78 is 27.8. The number of hydrogen-bond acceptors (Lipinski definition) is 7. The first-order valence-corrected chi connectivity index (χ1v) is 10.4. The number of β-lactam (4-membered cyclic amide) rings is 1. The van der Waals surface area contributed by atoms with Crippen LogP contribution in [0.5, 0.6) is 0 Å². The molecule has 14 heteroatoms. The Bertz CT molecular complexity index is 941. The predicted molar refractivity (Wildman–Crippen MR) is 90.9 cm³/mol. The molecule has 0 aliphatic carbocycles. The Morgan fingerprint density at radius 1 is 1.34 bits per heavy atom. The number of urea groups is 1. The Hall–Kier alpha value is -1.83. The van der Waals surface area contributed by atoms with Crippen LogP contribution in [0.2, 0.25) is 0 Å². The first-order chi connectivity index (χ1) is 13.1. The van der Waals surface area contributed by atoms with Gasteiger partial charge in [-0.1, -0.05) is 0 Å². The predicted octanol–water partition coefficient (Wildman–Crippen LogP) is -5.11. The fourth-order valence-corrected chi connectivity index (χ4v) is 4.83. The van der Waals surface area contributed by atoms with Gasteiger partial charge in [0.2, 0.25) is 5.91 Å². The standard InChI is InChI=1S/C15H18N4O8S.Na.H/c1-28(25,26)27-8-4-6-5-18(15(24)17-7-2-3-16-12(7)20)11-9(6)19(13(11)21)10(8)14(22)23;;/h6-7,9,11H,2-5H2,1H3,(H,16,20)(H,17,24)(H,22,23);;/q;+1;-1/t6-,7+,9-,11+;;/m1../s1. The molecule has 12 nitrogen and oxygen atoms in total. The summed E-state index contributed by atoms with van der Waals surface area (Å²) in [7, 11) is -3.99. The summed E-state index contributed by atoms with van der Waals surface area (Å²) in [6.45, 7) is 0.560. The van der Waals surface area contributed by atoms with Crippen LogP contribution in [-0.2, 0) is 28.7 Å². The summed E-state index contributed by atoms with van der Waals surface area (Å²) >= 11 is 0. The average Bonchev–Trinajstić information content (AvgIpc) is 3.13. The number of carbonyl (C=O) groups is 4. The minimum Gasteiger partial charge on any atom is -1.00 e. The number of nitrogens with one attached hydrogen (secondary N) is 2. The zero-order valence-corrected chi connectivity index (χ0v) is 18.6. The van der Waals surface area contributed by atoms with Crippen molar-refractivity contribution in [3.63, 3.8) is 0 Å². The van der Waals surface area contributed by atoms with E-state index in [2.05, 4.69) is 10.6 Å². The fraction of sp³-hybridized carbons (Fsp3) is 0.600. The molecule has 3 N–H and O–H groups in total. The van der Waals surface area contributed by atoms with E-state index in [1.807, 2.05) is 0 Å². The molecule has 154 valence electrons. The molecule has 0 aromatic rings. The van der Waals surface area contributed by atoms with E-state index in [4.69, 9.17) is 4.18 Å². The van der Waals surface area contributed by atoms with Crippen LogP contribution in [0.25, 0.3) is 0 Å². The van der Waals surface area contributed by atoms with Crippen LogP contribution in [0.15, 0.2) is 11.5 Å². The van der Waals surface area contributed by atoms with Crippen molar-refractivity contribution < 1.29 is 67.9 Å². The molecule has 0 unspecified atom stereocenters. The molecule has 0 bridgehead atoms. The molecule has 4 aliphatic rings. The molecule has 0 spiro atoms. The molecule has 0 aromatic heterocycles. The van der Waals surface area contributed by atoms with Gasteiger partial charge in [0.25, 0.3) is 5.91 Å². The van der Waals surface area contributed by atoms with Gasteiger partial charge in [-0.05, 0) is 6.42 Å². The number of rotatable bonds is 4. The van der Waals surface area contributed by atoms with E-state index in [0.717, 1.165) is 11.2 Å². The van der Waals surface area contributed by atoms with Crippen LogP contribution in [0, 0.1) is 5.92 Å². The second-order valence-corrected chi connectivity index (χ2v) is 8.78. The molecular weight excluding hydrogens is 419 g/mol. The molecule has 4 atom stereocenters. The van der Waals surface area contributed by atoms with Gasteiger partial charge in [0.05, 0.1) is 12.3 Å². The van der Waals surface area contributed by atoms with Crippen molar-refractivity contribution in [3.05, 3.63) is 11.5 Å². The molecule has 29 heavy (non-hydrogen) atoms. The van der Waals surface area contributed by atoms with E-state index in [-0.39, 0.29) is 61.5 Å². The SMILES string of the molecule is CS(=O)(=O)OC1=C(C(=O)O)N2C(=O)[C@@H]3[C@H]2[C@H](C1)CN3C(=O)N[C@H]1CCNC1=O.[H-].[Na+]. The summed E-state index contributed by atoms with van der Waals surface area (Å²) in [6.07, 6.45) is 1.19. The largest absolute Gasteiger partial charge is 1.00 e. The molecular formula is C15H19N4NaO8S. The van der Waals surface area contributed by atoms with E-state index in [1.54, 1.807) is 0 Å².